The molecule has 2 aromatic heterocycles. The SMILES string of the molecule is COc1cccc(C=NNc2nc(Nc3ccccc3)nc(-n3nc(C)cc3C)n2)c1O. The lowest BCUT2D eigenvalue weighted by atomic mass is 10.2. The van der Waals surface area contributed by atoms with Crippen molar-refractivity contribution >= 4 is 23.8 Å². The minimum Gasteiger partial charge on any atom is -0.504 e. The maximum absolute atomic E-state index is 10.2. The third-order valence-corrected chi connectivity index (χ3v) is 4.47. The molecule has 4 aromatic rings. The maximum Gasteiger partial charge on any atom is 0.257 e. The van der Waals surface area contributed by atoms with Gasteiger partial charge in [0.25, 0.3) is 5.95 Å². The Balaban J connectivity index is 1.65. The van der Waals surface area contributed by atoms with E-state index in [-0.39, 0.29) is 11.7 Å². The van der Waals surface area contributed by atoms with Gasteiger partial charge >= 0.3 is 0 Å². The van der Waals surface area contributed by atoms with Crippen LogP contribution in [0.2, 0.25) is 0 Å². The Morgan fingerprint density at radius 3 is 2.50 bits per heavy atom. The van der Waals surface area contributed by atoms with E-state index in [1.165, 1.54) is 13.3 Å². The zero-order valence-corrected chi connectivity index (χ0v) is 17.8. The number of aromatic nitrogens is 5. The van der Waals surface area contributed by atoms with Crippen molar-refractivity contribution in [2.45, 2.75) is 13.8 Å². The van der Waals surface area contributed by atoms with Crippen molar-refractivity contribution in [3.63, 3.8) is 0 Å². The standard InChI is InChI=1S/C22H22N8O2/c1-14-12-15(2)30(29-14)22-26-20(24-17-9-5-4-6-10-17)25-21(27-22)28-23-13-16-8-7-11-18(32-3)19(16)31/h4-13,31H,1-3H3,(H2,24,25,26,27,28). The van der Waals surface area contributed by atoms with Crippen molar-refractivity contribution in [3.05, 3.63) is 71.5 Å². The fourth-order valence-corrected chi connectivity index (χ4v) is 3.02. The van der Waals surface area contributed by atoms with Gasteiger partial charge in [-0.05, 0) is 44.2 Å². The van der Waals surface area contributed by atoms with Crippen molar-refractivity contribution in [3.8, 4) is 17.4 Å². The van der Waals surface area contributed by atoms with Crippen LogP contribution in [0.15, 0.2) is 59.7 Å². The third kappa shape index (κ3) is 4.64. The predicted octanol–water partition coefficient (Wildman–Crippen LogP) is 3.58. The van der Waals surface area contributed by atoms with Gasteiger partial charge in [0.2, 0.25) is 11.9 Å². The topological polar surface area (TPSA) is 122 Å². The average molecular weight is 430 g/mol. The summed E-state index contributed by atoms with van der Waals surface area (Å²) in [5, 5.41) is 22.0. The quantitative estimate of drug-likeness (QED) is 0.300. The number of hydrogen-bond donors (Lipinski definition) is 3. The number of para-hydroxylation sites is 2. The fourth-order valence-electron chi connectivity index (χ4n) is 3.02. The Morgan fingerprint density at radius 1 is 1.00 bits per heavy atom. The Labute approximate surface area is 184 Å². The van der Waals surface area contributed by atoms with Crippen LogP contribution in [-0.4, -0.2) is 43.2 Å². The molecule has 0 amide bonds. The zero-order valence-electron chi connectivity index (χ0n) is 17.8. The number of hydrazone groups is 1. The molecule has 0 saturated carbocycles. The summed E-state index contributed by atoms with van der Waals surface area (Å²) >= 11 is 0. The van der Waals surface area contributed by atoms with Crippen LogP contribution in [0.25, 0.3) is 5.95 Å². The summed E-state index contributed by atoms with van der Waals surface area (Å²) in [4.78, 5) is 13.3. The van der Waals surface area contributed by atoms with Crippen LogP contribution in [-0.2, 0) is 0 Å². The second-order valence-corrected chi connectivity index (χ2v) is 6.88. The minimum absolute atomic E-state index is 0.00837. The third-order valence-electron chi connectivity index (χ3n) is 4.47. The van der Waals surface area contributed by atoms with E-state index in [0.717, 1.165) is 17.1 Å². The Kier molecular flexibility index (Phi) is 5.93. The van der Waals surface area contributed by atoms with Gasteiger partial charge in [0, 0.05) is 16.9 Å². The van der Waals surface area contributed by atoms with E-state index < -0.39 is 0 Å². The molecular formula is C22H22N8O2. The van der Waals surface area contributed by atoms with Gasteiger partial charge in [0.1, 0.15) is 0 Å². The molecule has 2 heterocycles. The van der Waals surface area contributed by atoms with Crippen molar-refractivity contribution in [2.24, 2.45) is 5.10 Å². The van der Waals surface area contributed by atoms with Crippen LogP contribution >= 0.6 is 0 Å². The molecule has 0 saturated heterocycles. The largest absolute Gasteiger partial charge is 0.504 e. The van der Waals surface area contributed by atoms with Gasteiger partial charge in [-0.25, -0.2) is 10.1 Å². The molecule has 4 rings (SSSR count). The Hall–Kier alpha value is -4.47. The second-order valence-electron chi connectivity index (χ2n) is 6.88. The molecule has 0 fully saturated rings. The van der Waals surface area contributed by atoms with Gasteiger partial charge in [-0.3, -0.25) is 0 Å². The highest BCUT2D eigenvalue weighted by atomic mass is 16.5. The van der Waals surface area contributed by atoms with Gasteiger partial charge in [-0.15, -0.1) is 0 Å². The number of benzene rings is 2. The smallest absolute Gasteiger partial charge is 0.257 e. The number of nitrogens with zero attached hydrogens (tertiary/aromatic N) is 6. The van der Waals surface area contributed by atoms with E-state index >= 15 is 0 Å². The average Bonchev–Trinajstić information content (AvgIpc) is 3.13. The second kappa shape index (κ2) is 9.13. The molecule has 32 heavy (non-hydrogen) atoms. The Bertz CT molecular complexity index is 1250. The lowest BCUT2D eigenvalue weighted by Crippen LogP contribution is -2.11. The summed E-state index contributed by atoms with van der Waals surface area (Å²) in [5.41, 5.74) is 5.83. The highest BCUT2D eigenvalue weighted by Crippen LogP contribution is 2.28. The predicted molar refractivity (Wildman–Crippen MR) is 122 cm³/mol. The highest BCUT2D eigenvalue weighted by molar-refractivity contribution is 5.85. The lowest BCUT2D eigenvalue weighted by Gasteiger charge is -2.09. The monoisotopic (exact) mass is 430 g/mol. The molecule has 0 atom stereocenters. The molecule has 0 aliphatic rings. The molecule has 162 valence electrons. The van der Waals surface area contributed by atoms with Gasteiger partial charge in [-0.2, -0.15) is 25.2 Å². The first-order chi connectivity index (χ1) is 15.5. The number of phenolic OH excluding ortho intramolecular Hbond substituents is 1. The van der Waals surface area contributed by atoms with E-state index in [1.807, 2.05) is 50.2 Å². The first-order valence-electron chi connectivity index (χ1n) is 9.80. The van der Waals surface area contributed by atoms with Gasteiger partial charge < -0.3 is 15.2 Å². The first-order valence-corrected chi connectivity index (χ1v) is 9.80. The van der Waals surface area contributed by atoms with Crippen LogP contribution in [0.4, 0.5) is 17.6 Å². The number of ether oxygens (including phenoxy) is 1. The molecule has 0 radical (unpaired) electrons. The molecule has 10 nitrogen and oxygen atoms in total. The summed E-state index contributed by atoms with van der Waals surface area (Å²) in [5.74, 6) is 1.22. The number of rotatable bonds is 7. The molecular weight excluding hydrogens is 408 g/mol. The molecule has 3 N–H and O–H groups in total. The summed E-state index contributed by atoms with van der Waals surface area (Å²) < 4.78 is 6.75. The molecule has 0 spiro atoms. The summed E-state index contributed by atoms with van der Waals surface area (Å²) in [6.45, 7) is 3.82. The van der Waals surface area contributed by atoms with E-state index in [0.29, 0.717) is 23.2 Å². The van der Waals surface area contributed by atoms with Crippen molar-refractivity contribution in [1.29, 1.82) is 0 Å². The van der Waals surface area contributed by atoms with Crippen LogP contribution < -0.4 is 15.5 Å². The molecule has 0 aliphatic heterocycles. The van der Waals surface area contributed by atoms with Crippen LogP contribution in [0.3, 0.4) is 0 Å². The van der Waals surface area contributed by atoms with Crippen molar-refractivity contribution in [2.75, 3.05) is 17.9 Å². The first kappa shape index (κ1) is 20.8. The summed E-state index contributed by atoms with van der Waals surface area (Å²) in [6.07, 6.45) is 1.45. The van der Waals surface area contributed by atoms with E-state index in [2.05, 4.69) is 35.9 Å². The normalized spacial score (nSPS) is 11.0. The number of phenols is 1. The molecule has 2 aromatic carbocycles. The fraction of sp³-hybridized carbons (Fsp3) is 0.136. The Morgan fingerprint density at radius 2 is 1.78 bits per heavy atom. The van der Waals surface area contributed by atoms with E-state index in [4.69, 9.17) is 4.74 Å². The van der Waals surface area contributed by atoms with Crippen LogP contribution in [0.1, 0.15) is 17.0 Å². The number of anilines is 3. The number of methoxy groups -OCH3 is 1. The lowest BCUT2D eigenvalue weighted by molar-refractivity contribution is 0.373. The highest BCUT2D eigenvalue weighted by Gasteiger charge is 2.12. The number of hydrogen-bond acceptors (Lipinski definition) is 9. The molecule has 0 aliphatic carbocycles. The minimum atomic E-state index is -0.00837. The van der Waals surface area contributed by atoms with Crippen molar-refractivity contribution in [1.82, 2.24) is 24.7 Å². The zero-order chi connectivity index (χ0) is 22.5. The van der Waals surface area contributed by atoms with E-state index in [1.54, 1.807) is 22.9 Å². The maximum atomic E-state index is 10.2. The van der Waals surface area contributed by atoms with Crippen molar-refractivity contribution < 1.29 is 9.84 Å². The molecule has 0 unspecified atom stereocenters. The van der Waals surface area contributed by atoms with Gasteiger partial charge in [-0.1, -0.05) is 24.3 Å². The van der Waals surface area contributed by atoms with Gasteiger partial charge in [0.15, 0.2) is 11.5 Å². The van der Waals surface area contributed by atoms with E-state index in [9.17, 15) is 5.11 Å². The van der Waals surface area contributed by atoms with Crippen LogP contribution in [0.5, 0.6) is 11.5 Å². The van der Waals surface area contributed by atoms with Crippen LogP contribution in [0, 0.1) is 13.8 Å². The number of nitrogens with one attached hydrogen (secondary N) is 2. The number of aryl methyl sites for hydroxylation is 2. The van der Waals surface area contributed by atoms with Gasteiger partial charge in [0.05, 0.1) is 19.0 Å². The molecule has 10 heteroatoms. The number of aromatic hydroxyl groups is 1. The molecule has 0 bridgehead atoms. The summed E-state index contributed by atoms with van der Waals surface area (Å²) in [7, 11) is 1.49. The summed E-state index contributed by atoms with van der Waals surface area (Å²) in [6, 6.07) is 16.6.